The van der Waals surface area contributed by atoms with Crippen LogP contribution in [0.2, 0.25) is 0 Å². The van der Waals surface area contributed by atoms with Crippen LogP contribution in [0.5, 0.6) is 0 Å². The number of methoxy groups -OCH3 is 1. The Kier molecular flexibility index (Phi) is 4.93. The molecule has 1 N–H and O–H groups in total. The predicted molar refractivity (Wildman–Crippen MR) is 72.9 cm³/mol. The van der Waals surface area contributed by atoms with Crippen molar-refractivity contribution in [2.75, 3.05) is 20.3 Å². The largest absolute Gasteiger partial charge is 0.465 e. The molecule has 0 spiro atoms. The Hall–Kier alpha value is -1.39. The average molecular weight is 263 g/mol. The lowest BCUT2D eigenvalue weighted by atomic mass is 10.0. The molecule has 1 fully saturated rings. The average Bonchev–Trinajstić information content (AvgIpc) is 2.47. The molecular formula is C15H21NO3. The predicted octanol–water partition coefficient (Wildman–Crippen LogP) is 1.82. The first-order valence-corrected chi connectivity index (χ1v) is 6.76. The number of aliphatic hydroxyl groups excluding tert-OH is 1. The summed E-state index contributed by atoms with van der Waals surface area (Å²) >= 11 is 0. The molecule has 2 rings (SSSR count). The standard InChI is InChI=1S/C15H21NO3/c1-19-15(18)13-6-4-5-12(9-13)10-16-8-3-2-7-14(16)11-17/h4-6,9,14,17H,2-3,7-8,10-11H2,1H3. The van der Waals surface area contributed by atoms with Crippen molar-refractivity contribution < 1.29 is 14.6 Å². The van der Waals surface area contributed by atoms with Gasteiger partial charge in [0.2, 0.25) is 0 Å². The van der Waals surface area contributed by atoms with Crippen molar-refractivity contribution in [2.24, 2.45) is 0 Å². The Morgan fingerprint density at radius 3 is 3.05 bits per heavy atom. The molecule has 19 heavy (non-hydrogen) atoms. The van der Waals surface area contributed by atoms with Crippen LogP contribution in [0.3, 0.4) is 0 Å². The SMILES string of the molecule is COC(=O)c1cccc(CN2CCCCC2CO)c1. The van der Waals surface area contributed by atoms with E-state index in [9.17, 15) is 9.90 Å². The Labute approximate surface area is 114 Å². The highest BCUT2D eigenvalue weighted by atomic mass is 16.5. The zero-order chi connectivity index (χ0) is 13.7. The monoisotopic (exact) mass is 263 g/mol. The van der Waals surface area contributed by atoms with E-state index in [1.54, 1.807) is 6.07 Å². The molecule has 0 radical (unpaired) electrons. The van der Waals surface area contributed by atoms with Gasteiger partial charge < -0.3 is 9.84 Å². The van der Waals surface area contributed by atoms with Crippen molar-refractivity contribution in [3.63, 3.8) is 0 Å². The molecule has 1 aliphatic heterocycles. The summed E-state index contributed by atoms with van der Waals surface area (Å²) in [6, 6.07) is 7.76. The summed E-state index contributed by atoms with van der Waals surface area (Å²) in [5.74, 6) is -0.306. The molecule has 104 valence electrons. The van der Waals surface area contributed by atoms with Crippen LogP contribution < -0.4 is 0 Å². The third-order valence-corrected chi connectivity index (χ3v) is 3.69. The van der Waals surface area contributed by atoms with Crippen molar-refractivity contribution in [3.8, 4) is 0 Å². The highest BCUT2D eigenvalue weighted by molar-refractivity contribution is 5.89. The van der Waals surface area contributed by atoms with Crippen LogP contribution in [0.4, 0.5) is 0 Å². The molecule has 1 aromatic carbocycles. The maximum atomic E-state index is 11.5. The number of benzene rings is 1. The Morgan fingerprint density at radius 2 is 2.32 bits per heavy atom. The minimum atomic E-state index is -0.306. The van der Waals surface area contributed by atoms with Crippen molar-refractivity contribution in [1.29, 1.82) is 0 Å². The quantitative estimate of drug-likeness (QED) is 0.842. The minimum absolute atomic E-state index is 0.205. The molecule has 1 heterocycles. The molecule has 1 aliphatic rings. The van der Waals surface area contributed by atoms with E-state index in [4.69, 9.17) is 4.74 Å². The van der Waals surface area contributed by atoms with Crippen LogP contribution in [0.1, 0.15) is 35.2 Å². The first-order chi connectivity index (χ1) is 9.24. The highest BCUT2D eigenvalue weighted by Crippen LogP contribution is 2.19. The molecule has 4 nitrogen and oxygen atoms in total. The molecule has 0 amide bonds. The van der Waals surface area contributed by atoms with Gasteiger partial charge in [-0.1, -0.05) is 18.6 Å². The van der Waals surface area contributed by atoms with Gasteiger partial charge in [0.05, 0.1) is 19.3 Å². The van der Waals surface area contributed by atoms with Crippen LogP contribution in [-0.4, -0.2) is 42.3 Å². The molecule has 1 aromatic rings. The number of carbonyl (C=O) groups excluding carboxylic acids is 1. The van der Waals surface area contributed by atoms with E-state index in [-0.39, 0.29) is 18.6 Å². The molecule has 0 bridgehead atoms. The van der Waals surface area contributed by atoms with Crippen LogP contribution in [0.25, 0.3) is 0 Å². The molecule has 4 heteroatoms. The molecule has 0 saturated carbocycles. The van der Waals surface area contributed by atoms with E-state index in [2.05, 4.69) is 4.90 Å². The number of rotatable bonds is 4. The van der Waals surface area contributed by atoms with Gasteiger partial charge in [0.25, 0.3) is 0 Å². The van der Waals surface area contributed by atoms with Gasteiger partial charge in [0, 0.05) is 12.6 Å². The van der Waals surface area contributed by atoms with E-state index in [0.29, 0.717) is 5.56 Å². The highest BCUT2D eigenvalue weighted by Gasteiger charge is 2.21. The molecule has 0 aromatic heterocycles. The minimum Gasteiger partial charge on any atom is -0.465 e. The first kappa shape index (κ1) is 14.0. The van der Waals surface area contributed by atoms with Gasteiger partial charge in [-0.05, 0) is 37.1 Å². The first-order valence-electron chi connectivity index (χ1n) is 6.76. The van der Waals surface area contributed by atoms with E-state index in [1.165, 1.54) is 20.0 Å². The number of esters is 1. The number of piperidine rings is 1. The maximum absolute atomic E-state index is 11.5. The topological polar surface area (TPSA) is 49.8 Å². The van der Waals surface area contributed by atoms with Crippen molar-refractivity contribution in [3.05, 3.63) is 35.4 Å². The summed E-state index contributed by atoms with van der Waals surface area (Å²) in [5, 5.41) is 9.40. The molecule has 1 saturated heterocycles. The number of hydrogen-bond donors (Lipinski definition) is 1. The van der Waals surface area contributed by atoms with E-state index < -0.39 is 0 Å². The molecule has 1 atom stereocenters. The van der Waals surface area contributed by atoms with Crippen LogP contribution in [0, 0.1) is 0 Å². The van der Waals surface area contributed by atoms with Gasteiger partial charge in [0.1, 0.15) is 0 Å². The molecule has 1 unspecified atom stereocenters. The fourth-order valence-electron chi connectivity index (χ4n) is 2.62. The fourth-order valence-corrected chi connectivity index (χ4v) is 2.62. The fraction of sp³-hybridized carbons (Fsp3) is 0.533. The number of ether oxygens (including phenoxy) is 1. The van der Waals surface area contributed by atoms with Gasteiger partial charge in [-0.15, -0.1) is 0 Å². The molecular weight excluding hydrogens is 242 g/mol. The van der Waals surface area contributed by atoms with E-state index in [1.807, 2.05) is 18.2 Å². The number of carbonyl (C=O) groups is 1. The van der Waals surface area contributed by atoms with E-state index >= 15 is 0 Å². The number of nitrogens with zero attached hydrogens (tertiary/aromatic N) is 1. The Balaban J connectivity index is 2.07. The summed E-state index contributed by atoms with van der Waals surface area (Å²) in [5.41, 5.74) is 1.67. The zero-order valence-electron chi connectivity index (χ0n) is 11.3. The van der Waals surface area contributed by atoms with Crippen molar-refractivity contribution in [1.82, 2.24) is 4.90 Å². The number of aliphatic hydroxyl groups is 1. The van der Waals surface area contributed by atoms with E-state index in [0.717, 1.165) is 25.1 Å². The lowest BCUT2D eigenvalue weighted by Crippen LogP contribution is -2.41. The number of likely N-dealkylation sites (tertiary alicyclic amines) is 1. The zero-order valence-corrected chi connectivity index (χ0v) is 11.3. The Morgan fingerprint density at radius 1 is 1.47 bits per heavy atom. The van der Waals surface area contributed by atoms with Crippen molar-refractivity contribution in [2.45, 2.75) is 31.8 Å². The second-order valence-electron chi connectivity index (χ2n) is 4.99. The lowest BCUT2D eigenvalue weighted by molar-refractivity contribution is 0.0599. The normalized spacial score (nSPS) is 20.2. The summed E-state index contributed by atoms with van der Waals surface area (Å²) in [4.78, 5) is 13.8. The third kappa shape index (κ3) is 3.55. The summed E-state index contributed by atoms with van der Waals surface area (Å²) in [6.45, 7) is 1.99. The van der Waals surface area contributed by atoms with Crippen LogP contribution >= 0.6 is 0 Å². The smallest absolute Gasteiger partial charge is 0.337 e. The summed E-state index contributed by atoms with van der Waals surface area (Å²) in [6.07, 6.45) is 3.41. The third-order valence-electron chi connectivity index (χ3n) is 3.69. The van der Waals surface area contributed by atoms with Crippen LogP contribution in [-0.2, 0) is 11.3 Å². The second-order valence-corrected chi connectivity index (χ2v) is 4.99. The number of hydrogen-bond acceptors (Lipinski definition) is 4. The van der Waals surface area contributed by atoms with Gasteiger partial charge in [-0.3, -0.25) is 4.90 Å². The summed E-state index contributed by atoms with van der Waals surface area (Å²) < 4.78 is 4.73. The maximum Gasteiger partial charge on any atom is 0.337 e. The lowest BCUT2D eigenvalue weighted by Gasteiger charge is -2.34. The molecule has 0 aliphatic carbocycles. The summed E-state index contributed by atoms with van der Waals surface area (Å²) in [7, 11) is 1.39. The second kappa shape index (κ2) is 6.68. The van der Waals surface area contributed by atoms with Gasteiger partial charge in [-0.2, -0.15) is 0 Å². The van der Waals surface area contributed by atoms with Gasteiger partial charge >= 0.3 is 5.97 Å². The van der Waals surface area contributed by atoms with Gasteiger partial charge in [-0.25, -0.2) is 4.79 Å². The van der Waals surface area contributed by atoms with Gasteiger partial charge in [0.15, 0.2) is 0 Å². The van der Waals surface area contributed by atoms with Crippen molar-refractivity contribution >= 4 is 5.97 Å². The van der Waals surface area contributed by atoms with Crippen LogP contribution in [0.15, 0.2) is 24.3 Å². The Bertz CT molecular complexity index is 433.